The molecule has 3 aromatic rings. The van der Waals surface area contributed by atoms with Gasteiger partial charge in [0.2, 0.25) is 0 Å². The van der Waals surface area contributed by atoms with E-state index in [9.17, 15) is 4.79 Å². The van der Waals surface area contributed by atoms with Crippen molar-refractivity contribution in [3.05, 3.63) is 95.3 Å². The van der Waals surface area contributed by atoms with Gasteiger partial charge in [0.1, 0.15) is 11.4 Å². The van der Waals surface area contributed by atoms with Crippen LogP contribution in [0.4, 0.5) is 5.69 Å². The smallest absolute Gasteiger partial charge is 0.273 e. The van der Waals surface area contributed by atoms with Gasteiger partial charge < -0.3 is 21.1 Å². The topological polar surface area (TPSA) is 76.4 Å². The zero-order valence-corrected chi connectivity index (χ0v) is 22.6. The first kappa shape index (κ1) is 28.1. The molecule has 0 aromatic heterocycles. The summed E-state index contributed by atoms with van der Waals surface area (Å²) in [4.78, 5) is 12.4. The van der Waals surface area contributed by atoms with E-state index in [1.165, 1.54) is 25.5 Å². The number of nitrogens with two attached hydrogens (primary N) is 1. The molecule has 3 rings (SSSR count). The molecule has 0 aliphatic carbocycles. The molecule has 4 N–H and O–H groups in total. The molecule has 3 aromatic carbocycles. The molecule has 0 aliphatic heterocycles. The van der Waals surface area contributed by atoms with Crippen LogP contribution in [0.1, 0.15) is 57.9 Å². The van der Waals surface area contributed by atoms with E-state index >= 15 is 0 Å². The fourth-order valence-corrected chi connectivity index (χ4v) is 4.25. The molecule has 0 radical (unpaired) electrons. The van der Waals surface area contributed by atoms with Gasteiger partial charge in [0, 0.05) is 23.5 Å². The molecule has 0 fully saturated rings. The van der Waals surface area contributed by atoms with Crippen LogP contribution in [0.15, 0.2) is 84.7 Å². The quantitative estimate of drug-likeness (QED) is 0.151. The standard InChI is InChI=1S/C31H38ClN3O2/c1-3-5-6-11-27(9-4-2)37-28-19-15-24(16-20-28)23-13-17-26(18-14-23)35-31(36)30(33)22-34-21-25-10-7-8-12-29(25)32/h7-8,10,12-20,22,27,34H,3-6,9,11,21,33H2,1-2H3,(H,35,36)/b30-22-. The molecule has 0 saturated heterocycles. The second-order valence-corrected chi connectivity index (χ2v) is 9.56. The third kappa shape index (κ3) is 9.18. The van der Waals surface area contributed by atoms with Crippen LogP contribution in [0, 0.1) is 0 Å². The molecule has 0 bridgehead atoms. The van der Waals surface area contributed by atoms with E-state index in [0.29, 0.717) is 17.3 Å². The van der Waals surface area contributed by atoms with E-state index < -0.39 is 0 Å². The van der Waals surface area contributed by atoms with Crippen LogP contribution in [-0.2, 0) is 11.3 Å². The lowest BCUT2D eigenvalue weighted by Gasteiger charge is -2.19. The first-order chi connectivity index (χ1) is 18.0. The van der Waals surface area contributed by atoms with E-state index in [4.69, 9.17) is 22.1 Å². The maximum Gasteiger partial charge on any atom is 0.273 e. The Labute approximate surface area is 226 Å². The van der Waals surface area contributed by atoms with E-state index in [-0.39, 0.29) is 17.7 Å². The average Bonchev–Trinajstić information content (AvgIpc) is 2.91. The van der Waals surface area contributed by atoms with Crippen molar-refractivity contribution in [2.75, 3.05) is 5.32 Å². The molecule has 37 heavy (non-hydrogen) atoms. The number of unbranched alkanes of at least 4 members (excludes halogenated alkanes) is 2. The van der Waals surface area contributed by atoms with E-state index in [1.807, 2.05) is 60.7 Å². The lowest BCUT2D eigenvalue weighted by Crippen LogP contribution is -2.22. The van der Waals surface area contributed by atoms with Gasteiger partial charge in [0.25, 0.3) is 5.91 Å². The lowest BCUT2D eigenvalue weighted by atomic mass is 10.0. The third-order valence-electron chi connectivity index (χ3n) is 6.14. The molecular formula is C31H38ClN3O2. The largest absolute Gasteiger partial charge is 0.490 e. The van der Waals surface area contributed by atoms with Crippen molar-refractivity contribution in [2.24, 2.45) is 5.73 Å². The summed E-state index contributed by atoms with van der Waals surface area (Å²) in [6.45, 7) is 4.91. The number of rotatable bonds is 14. The van der Waals surface area contributed by atoms with E-state index in [2.05, 4.69) is 36.6 Å². The first-order valence-corrected chi connectivity index (χ1v) is 13.5. The summed E-state index contributed by atoms with van der Waals surface area (Å²) >= 11 is 6.15. The second-order valence-electron chi connectivity index (χ2n) is 9.15. The molecule has 1 amide bonds. The summed E-state index contributed by atoms with van der Waals surface area (Å²) in [7, 11) is 0. The number of hydrogen-bond acceptors (Lipinski definition) is 4. The van der Waals surface area contributed by atoms with Crippen LogP contribution < -0.4 is 21.1 Å². The van der Waals surface area contributed by atoms with Crippen molar-refractivity contribution in [2.45, 2.75) is 65.0 Å². The van der Waals surface area contributed by atoms with Gasteiger partial charge in [0.05, 0.1) is 6.10 Å². The predicted octanol–water partition coefficient (Wildman–Crippen LogP) is 7.66. The van der Waals surface area contributed by atoms with Gasteiger partial charge >= 0.3 is 0 Å². The van der Waals surface area contributed by atoms with Gasteiger partial charge in [-0.3, -0.25) is 4.79 Å². The fourth-order valence-electron chi connectivity index (χ4n) is 4.05. The summed E-state index contributed by atoms with van der Waals surface area (Å²) in [6.07, 6.45) is 8.76. The summed E-state index contributed by atoms with van der Waals surface area (Å²) in [5.74, 6) is 0.537. The van der Waals surface area contributed by atoms with Crippen LogP contribution in [0.5, 0.6) is 5.75 Å². The van der Waals surface area contributed by atoms with Gasteiger partial charge in [-0.05, 0) is 66.3 Å². The zero-order chi connectivity index (χ0) is 26.5. The van der Waals surface area contributed by atoms with Gasteiger partial charge in [-0.15, -0.1) is 0 Å². The summed E-state index contributed by atoms with van der Waals surface area (Å²) in [6, 6.07) is 23.4. The van der Waals surface area contributed by atoms with E-state index in [0.717, 1.165) is 41.7 Å². The maximum absolute atomic E-state index is 12.4. The Bertz CT molecular complexity index is 1140. The van der Waals surface area contributed by atoms with Gasteiger partial charge in [-0.25, -0.2) is 0 Å². The number of carbonyl (C=O) groups excluding carboxylic acids is 1. The average molecular weight is 520 g/mol. The Hall–Kier alpha value is -3.44. The van der Waals surface area contributed by atoms with Gasteiger partial charge in [-0.1, -0.05) is 87.2 Å². The van der Waals surface area contributed by atoms with Crippen LogP contribution in [0.3, 0.4) is 0 Å². The molecule has 0 heterocycles. The van der Waals surface area contributed by atoms with Crippen molar-refractivity contribution in [3.8, 4) is 16.9 Å². The predicted molar refractivity (Wildman–Crippen MR) is 155 cm³/mol. The van der Waals surface area contributed by atoms with Crippen molar-refractivity contribution in [1.82, 2.24) is 5.32 Å². The SMILES string of the molecule is CCCCCC(CCC)Oc1ccc(-c2ccc(NC(=O)/C(N)=C/NCc3ccccc3Cl)cc2)cc1. The summed E-state index contributed by atoms with van der Waals surface area (Å²) in [5, 5.41) is 6.52. The lowest BCUT2D eigenvalue weighted by molar-refractivity contribution is -0.112. The first-order valence-electron chi connectivity index (χ1n) is 13.1. The molecule has 0 aliphatic rings. The van der Waals surface area contributed by atoms with Gasteiger partial charge in [-0.2, -0.15) is 0 Å². The van der Waals surface area contributed by atoms with Crippen molar-refractivity contribution >= 4 is 23.2 Å². The second kappa shape index (κ2) is 15.0. The normalized spacial score (nSPS) is 12.1. The number of benzene rings is 3. The van der Waals surface area contributed by atoms with E-state index in [1.54, 1.807) is 0 Å². The fraction of sp³-hybridized carbons (Fsp3) is 0.323. The number of hydrogen-bond donors (Lipinski definition) is 3. The molecular weight excluding hydrogens is 482 g/mol. The number of carbonyl (C=O) groups is 1. The van der Waals surface area contributed by atoms with Crippen molar-refractivity contribution in [1.29, 1.82) is 0 Å². The van der Waals surface area contributed by atoms with Crippen LogP contribution in [0.25, 0.3) is 11.1 Å². The minimum absolute atomic E-state index is 0.0859. The zero-order valence-electron chi connectivity index (χ0n) is 21.8. The van der Waals surface area contributed by atoms with Crippen LogP contribution in [0.2, 0.25) is 5.02 Å². The highest BCUT2D eigenvalue weighted by Gasteiger charge is 2.10. The Kier molecular flexibility index (Phi) is 11.4. The van der Waals surface area contributed by atoms with Gasteiger partial charge in [0.15, 0.2) is 0 Å². The number of halogens is 1. The maximum atomic E-state index is 12.4. The highest BCUT2D eigenvalue weighted by Crippen LogP contribution is 2.26. The molecule has 6 heteroatoms. The molecule has 5 nitrogen and oxygen atoms in total. The summed E-state index contributed by atoms with van der Waals surface area (Å²) in [5.41, 5.74) is 9.76. The monoisotopic (exact) mass is 519 g/mol. The Morgan fingerprint density at radius 2 is 1.59 bits per heavy atom. The number of ether oxygens (including phenoxy) is 1. The number of anilines is 1. The minimum atomic E-state index is -0.374. The molecule has 0 spiro atoms. The molecule has 196 valence electrons. The van der Waals surface area contributed by atoms with Crippen molar-refractivity contribution in [3.63, 3.8) is 0 Å². The van der Waals surface area contributed by atoms with Crippen molar-refractivity contribution < 1.29 is 9.53 Å². The highest BCUT2D eigenvalue weighted by atomic mass is 35.5. The number of amides is 1. The highest BCUT2D eigenvalue weighted by molar-refractivity contribution is 6.31. The van der Waals surface area contributed by atoms with Crippen LogP contribution >= 0.6 is 11.6 Å². The molecule has 1 unspecified atom stereocenters. The Morgan fingerprint density at radius 3 is 2.24 bits per heavy atom. The molecule has 0 saturated carbocycles. The molecule has 1 atom stereocenters. The minimum Gasteiger partial charge on any atom is -0.490 e. The number of nitrogens with one attached hydrogen (secondary N) is 2. The Morgan fingerprint density at radius 1 is 0.919 bits per heavy atom. The third-order valence-corrected chi connectivity index (χ3v) is 6.51. The Balaban J connectivity index is 1.52. The summed E-state index contributed by atoms with van der Waals surface area (Å²) < 4.78 is 6.26. The van der Waals surface area contributed by atoms with Crippen LogP contribution in [-0.4, -0.2) is 12.0 Å².